The zero-order chi connectivity index (χ0) is 20.7. The van der Waals surface area contributed by atoms with Crippen LogP contribution in [0.1, 0.15) is 40.6 Å². The molecule has 4 aromatic rings. The number of carbonyl (C=O) groups is 1. The molecule has 5 heteroatoms. The van der Waals surface area contributed by atoms with Gasteiger partial charge in [0, 0.05) is 41.9 Å². The molecule has 0 spiro atoms. The van der Waals surface area contributed by atoms with Crippen molar-refractivity contribution in [1.82, 2.24) is 14.0 Å². The van der Waals surface area contributed by atoms with Gasteiger partial charge in [-0.3, -0.25) is 4.79 Å². The zero-order valence-corrected chi connectivity index (χ0v) is 17.0. The topological polar surface area (TPSA) is 30.2 Å². The van der Waals surface area contributed by atoms with Gasteiger partial charge >= 0.3 is 0 Å². The molecule has 2 aromatic carbocycles. The van der Waals surface area contributed by atoms with Gasteiger partial charge in [-0.2, -0.15) is 0 Å². The summed E-state index contributed by atoms with van der Waals surface area (Å²) >= 11 is 0. The van der Waals surface area contributed by atoms with E-state index in [4.69, 9.17) is 0 Å². The van der Waals surface area contributed by atoms with Crippen LogP contribution in [-0.2, 0) is 13.6 Å². The number of aryl methyl sites for hydroxylation is 1. The first-order chi connectivity index (χ1) is 14.6. The number of hydrogen-bond acceptors (Lipinski definition) is 1. The van der Waals surface area contributed by atoms with Crippen molar-refractivity contribution in [2.45, 2.75) is 25.4 Å². The van der Waals surface area contributed by atoms with Crippen LogP contribution in [0.2, 0.25) is 0 Å². The van der Waals surface area contributed by atoms with E-state index < -0.39 is 0 Å². The van der Waals surface area contributed by atoms with Gasteiger partial charge in [0.1, 0.15) is 11.5 Å². The third kappa shape index (κ3) is 3.11. The van der Waals surface area contributed by atoms with Crippen LogP contribution < -0.4 is 0 Å². The highest BCUT2D eigenvalue weighted by Gasteiger charge is 2.33. The normalized spacial score (nSPS) is 16.5. The van der Waals surface area contributed by atoms with Gasteiger partial charge in [-0.05, 0) is 43.2 Å². The lowest BCUT2D eigenvalue weighted by Gasteiger charge is -2.26. The Hall–Kier alpha value is -3.34. The third-order valence-electron chi connectivity index (χ3n) is 6.15. The predicted octanol–water partition coefficient (Wildman–Crippen LogP) is 5.14. The van der Waals surface area contributed by atoms with Crippen molar-refractivity contribution in [3.8, 4) is 0 Å². The first kappa shape index (κ1) is 18.7. The lowest BCUT2D eigenvalue weighted by Crippen LogP contribution is -2.33. The molecule has 0 aliphatic carbocycles. The molecule has 2 aromatic heterocycles. The molecule has 1 amide bonds. The first-order valence-corrected chi connectivity index (χ1v) is 10.4. The van der Waals surface area contributed by atoms with E-state index in [1.165, 1.54) is 6.07 Å². The van der Waals surface area contributed by atoms with Gasteiger partial charge in [-0.25, -0.2) is 4.39 Å². The van der Waals surface area contributed by atoms with Crippen molar-refractivity contribution in [3.63, 3.8) is 0 Å². The fraction of sp³-hybridized carbons (Fsp3) is 0.240. The summed E-state index contributed by atoms with van der Waals surface area (Å²) in [6.07, 6.45) is 3.96. The van der Waals surface area contributed by atoms with Crippen molar-refractivity contribution >= 4 is 16.8 Å². The van der Waals surface area contributed by atoms with Gasteiger partial charge < -0.3 is 14.0 Å². The molecule has 1 saturated heterocycles. The predicted molar refractivity (Wildman–Crippen MR) is 116 cm³/mol. The fourth-order valence-corrected chi connectivity index (χ4v) is 4.64. The van der Waals surface area contributed by atoms with E-state index in [1.54, 1.807) is 12.1 Å². The van der Waals surface area contributed by atoms with Crippen LogP contribution >= 0.6 is 0 Å². The van der Waals surface area contributed by atoms with E-state index in [0.717, 1.165) is 36.0 Å². The second-order valence-corrected chi connectivity index (χ2v) is 7.97. The molecule has 1 aliphatic rings. The van der Waals surface area contributed by atoms with Gasteiger partial charge in [0.25, 0.3) is 5.91 Å². The average molecular weight is 401 g/mol. The lowest BCUT2D eigenvalue weighted by molar-refractivity contribution is 0.0721. The van der Waals surface area contributed by atoms with Gasteiger partial charge in [-0.15, -0.1) is 0 Å². The highest BCUT2D eigenvalue weighted by atomic mass is 19.1. The monoisotopic (exact) mass is 401 g/mol. The van der Waals surface area contributed by atoms with Crippen molar-refractivity contribution in [2.24, 2.45) is 7.05 Å². The standard InChI is InChI=1S/C25H24FN3O/c1-27-14-6-12-22(27)23-13-7-15-28(23)25(30)24-16-18-8-3-5-11-21(18)29(24)17-19-9-2-4-10-20(19)26/h2-6,8-12,14,16,23H,7,13,15,17H2,1H3. The van der Waals surface area contributed by atoms with Crippen LogP contribution in [0.3, 0.4) is 0 Å². The first-order valence-electron chi connectivity index (χ1n) is 10.4. The number of carbonyl (C=O) groups excluding carboxylic acids is 1. The molecule has 4 nitrogen and oxygen atoms in total. The minimum Gasteiger partial charge on any atom is -0.353 e. The summed E-state index contributed by atoms with van der Waals surface area (Å²) in [7, 11) is 2.02. The van der Waals surface area contributed by atoms with Crippen molar-refractivity contribution < 1.29 is 9.18 Å². The number of para-hydroxylation sites is 1. The summed E-state index contributed by atoms with van der Waals surface area (Å²) in [4.78, 5) is 15.7. The number of benzene rings is 2. The maximum Gasteiger partial charge on any atom is 0.271 e. The highest BCUT2D eigenvalue weighted by Crippen LogP contribution is 2.34. The molecule has 1 aliphatic heterocycles. The molecule has 1 fully saturated rings. The molecule has 5 rings (SSSR count). The quantitative estimate of drug-likeness (QED) is 0.465. The molecule has 0 bridgehead atoms. The minimum absolute atomic E-state index is 0.00578. The SMILES string of the molecule is Cn1cccc1C1CCCN1C(=O)c1cc2ccccc2n1Cc1ccccc1F. The summed E-state index contributed by atoms with van der Waals surface area (Å²) in [6.45, 7) is 1.06. The van der Waals surface area contributed by atoms with E-state index in [0.29, 0.717) is 17.8 Å². The summed E-state index contributed by atoms with van der Waals surface area (Å²) in [5, 5.41) is 0.992. The fourth-order valence-electron chi connectivity index (χ4n) is 4.64. The Kier molecular flexibility index (Phi) is 4.66. The van der Waals surface area contributed by atoms with Crippen molar-refractivity contribution in [3.05, 3.63) is 95.7 Å². The lowest BCUT2D eigenvalue weighted by atomic mass is 10.1. The number of amides is 1. The van der Waals surface area contributed by atoms with Crippen molar-refractivity contribution in [2.75, 3.05) is 6.54 Å². The Morgan fingerprint density at radius 1 is 1.07 bits per heavy atom. The third-order valence-corrected chi connectivity index (χ3v) is 6.15. The molecule has 0 radical (unpaired) electrons. The van der Waals surface area contributed by atoms with E-state index in [-0.39, 0.29) is 17.8 Å². The van der Waals surface area contributed by atoms with E-state index in [2.05, 4.69) is 10.6 Å². The van der Waals surface area contributed by atoms with Crippen LogP contribution in [0.15, 0.2) is 72.9 Å². The molecule has 3 heterocycles. The Balaban J connectivity index is 1.57. The number of aromatic nitrogens is 2. The van der Waals surface area contributed by atoms with Gasteiger partial charge in [0.15, 0.2) is 0 Å². The maximum atomic E-state index is 14.4. The van der Waals surface area contributed by atoms with Crippen LogP contribution in [0, 0.1) is 5.82 Å². The number of likely N-dealkylation sites (tertiary alicyclic amines) is 1. The molecule has 1 atom stereocenters. The molecular weight excluding hydrogens is 377 g/mol. The number of nitrogens with zero attached hydrogens (tertiary/aromatic N) is 3. The van der Waals surface area contributed by atoms with E-state index in [1.807, 2.05) is 65.2 Å². The van der Waals surface area contributed by atoms with Gasteiger partial charge in [0.05, 0.1) is 12.6 Å². The number of rotatable bonds is 4. The van der Waals surface area contributed by atoms with E-state index in [9.17, 15) is 9.18 Å². The average Bonchev–Trinajstić information content (AvgIpc) is 3.47. The molecule has 30 heavy (non-hydrogen) atoms. The maximum absolute atomic E-state index is 14.4. The van der Waals surface area contributed by atoms with Crippen LogP contribution in [0.25, 0.3) is 10.9 Å². The van der Waals surface area contributed by atoms with Crippen molar-refractivity contribution in [1.29, 1.82) is 0 Å². The van der Waals surface area contributed by atoms with Gasteiger partial charge in [-0.1, -0.05) is 36.4 Å². The Morgan fingerprint density at radius 2 is 1.87 bits per heavy atom. The second-order valence-electron chi connectivity index (χ2n) is 7.97. The largest absolute Gasteiger partial charge is 0.353 e. The number of halogens is 1. The Labute approximate surface area is 175 Å². The molecular formula is C25H24FN3O. The molecule has 1 unspecified atom stereocenters. The molecule has 0 saturated carbocycles. The van der Waals surface area contributed by atoms with Crippen LogP contribution in [-0.4, -0.2) is 26.5 Å². The summed E-state index contributed by atoms with van der Waals surface area (Å²) in [6, 6.07) is 20.8. The summed E-state index contributed by atoms with van der Waals surface area (Å²) < 4.78 is 18.4. The molecule has 152 valence electrons. The molecule has 0 N–H and O–H groups in total. The number of hydrogen-bond donors (Lipinski definition) is 0. The Morgan fingerprint density at radius 3 is 2.67 bits per heavy atom. The zero-order valence-electron chi connectivity index (χ0n) is 17.0. The highest BCUT2D eigenvalue weighted by molar-refractivity contribution is 5.99. The van der Waals surface area contributed by atoms with Gasteiger partial charge in [0.2, 0.25) is 0 Å². The van der Waals surface area contributed by atoms with Crippen LogP contribution in [0.5, 0.6) is 0 Å². The van der Waals surface area contributed by atoms with Crippen LogP contribution in [0.4, 0.5) is 4.39 Å². The Bertz CT molecular complexity index is 1220. The second kappa shape index (κ2) is 7.48. The minimum atomic E-state index is -0.253. The van der Waals surface area contributed by atoms with E-state index >= 15 is 0 Å². The smallest absolute Gasteiger partial charge is 0.271 e. The summed E-state index contributed by atoms with van der Waals surface area (Å²) in [5.41, 5.74) is 3.28. The number of fused-ring (bicyclic) bond motifs is 1. The summed E-state index contributed by atoms with van der Waals surface area (Å²) in [5.74, 6) is -0.247.